The van der Waals surface area contributed by atoms with Gasteiger partial charge >= 0.3 is 6.18 Å². The second-order valence-corrected chi connectivity index (χ2v) is 8.35. The number of thioether (sulfide) groups is 1. The molecule has 1 aliphatic rings. The van der Waals surface area contributed by atoms with E-state index in [9.17, 15) is 21.6 Å². The molecule has 0 amide bonds. The molecule has 0 N–H and O–H groups in total. The Bertz CT molecular complexity index is 823. The third kappa shape index (κ3) is 3.31. The van der Waals surface area contributed by atoms with E-state index < -0.39 is 27.1 Å². The molecule has 0 spiro atoms. The minimum atomic E-state index is -4.46. The van der Waals surface area contributed by atoms with E-state index in [0.29, 0.717) is 11.3 Å². The lowest BCUT2D eigenvalue weighted by atomic mass is 10.1. The summed E-state index contributed by atoms with van der Waals surface area (Å²) in [5, 5.41) is -0.655. The van der Waals surface area contributed by atoms with Crippen molar-refractivity contribution in [2.24, 2.45) is 0 Å². The van der Waals surface area contributed by atoms with Crippen LogP contribution < -0.4 is 0 Å². The van der Waals surface area contributed by atoms with Gasteiger partial charge in [0, 0.05) is 12.3 Å². The van der Waals surface area contributed by atoms with Crippen LogP contribution in [0.25, 0.3) is 0 Å². The van der Waals surface area contributed by atoms with E-state index in [1.165, 1.54) is 40.3 Å². The Morgan fingerprint density at radius 2 is 1.75 bits per heavy atom. The summed E-state index contributed by atoms with van der Waals surface area (Å²) in [6.07, 6.45) is -4.46. The Morgan fingerprint density at radius 1 is 1.04 bits per heavy atom. The first kappa shape index (κ1) is 17.3. The van der Waals surface area contributed by atoms with Gasteiger partial charge in [-0.3, -0.25) is 0 Å². The number of hydrogen-bond acceptors (Lipinski definition) is 3. The first-order valence-electron chi connectivity index (χ1n) is 7.16. The smallest absolute Gasteiger partial charge is 0.207 e. The summed E-state index contributed by atoms with van der Waals surface area (Å²) >= 11 is 1.32. The summed E-state index contributed by atoms with van der Waals surface area (Å²) in [6.45, 7) is 0.267. The van der Waals surface area contributed by atoms with Gasteiger partial charge in [-0.2, -0.15) is 17.5 Å². The molecule has 0 saturated carbocycles. The van der Waals surface area contributed by atoms with Gasteiger partial charge < -0.3 is 0 Å². The Labute approximate surface area is 142 Å². The monoisotopic (exact) mass is 373 g/mol. The lowest BCUT2D eigenvalue weighted by Gasteiger charge is -2.24. The molecule has 0 radical (unpaired) electrons. The van der Waals surface area contributed by atoms with Crippen molar-refractivity contribution in [2.75, 3.05) is 12.3 Å². The van der Waals surface area contributed by atoms with Crippen molar-refractivity contribution in [3.05, 3.63) is 65.7 Å². The quantitative estimate of drug-likeness (QED) is 0.811. The van der Waals surface area contributed by atoms with Crippen molar-refractivity contribution in [1.29, 1.82) is 0 Å². The summed E-state index contributed by atoms with van der Waals surface area (Å²) < 4.78 is 65.6. The van der Waals surface area contributed by atoms with Crippen LogP contribution in [-0.4, -0.2) is 25.0 Å². The van der Waals surface area contributed by atoms with Crippen molar-refractivity contribution in [3.8, 4) is 0 Å². The van der Waals surface area contributed by atoms with Gasteiger partial charge in [0.1, 0.15) is 0 Å². The van der Waals surface area contributed by atoms with Crippen LogP contribution in [0.1, 0.15) is 16.5 Å². The molecule has 0 aliphatic carbocycles. The summed E-state index contributed by atoms with van der Waals surface area (Å²) in [7, 11) is -3.75. The highest BCUT2D eigenvalue weighted by molar-refractivity contribution is 8.01. The number of hydrogen-bond donors (Lipinski definition) is 0. The zero-order valence-corrected chi connectivity index (χ0v) is 14.0. The summed E-state index contributed by atoms with van der Waals surface area (Å²) in [6, 6.07) is 12.8. The zero-order chi connectivity index (χ0) is 17.4. The lowest BCUT2D eigenvalue weighted by molar-refractivity contribution is -0.137. The van der Waals surface area contributed by atoms with E-state index in [1.807, 2.05) is 0 Å². The molecule has 1 aliphatic heterocycles. The van der Waals surface area contributed by atoms with Crippen molar-refractivity contribution in [2.45, 2.75) is 16.4 Å². The highest BCUT2D eigenvalue weighted by Crippen LogP contribution is 2.42. The average molecular weight is 373 g/mol. The average Bonchev–Trinajstić information content (AvgIpc) is 3.05. The standard InChI is InChI=1S/C16H14F3NO2S2/c17-16(18,19)13-6-4-5-12(11-13)15-20(9-10-23-15)24(21,22)14-7-2-1-3-8-14/h1-8,11,15H,9-10H2. The maximum atomic E-state index is 12.9. The molecule has 1 atom stereocenters. The molecule has 3 nitrogen and oxygen atoms in total. The molecule has 2 aromatic rings. The number of rotatable bonds is 3. The van der Waals surface area contributed by atoms with Crippen LogP contribution in [0, 0.1) is 0 Å². The summed E-state index contributed by atoms with van der Waals surface area (Å²) in [4.78, 5) is 0.143. The fraction of sp³-hybridized carbons (Fsp3) is 0.250. The highest BCUT2D eigenvalue weighted by atomic mass is 32.2. The molecular weight excluding hydrogens is 359 g/mol. The maximum absolute atomic E-state index is 12.9. The van der Waals surface area contributed by atoms with E-state index in [0.717, 1.165) is 12.1 Å². The third-order valence-electron chi connectivity index (χ3n) is 3.70. The second-order valence-electron chi connectivity index (χ2n) is 5.28. The van der Waals surface area contributed by atoms with Gasteiger partial charge in [-0.05, 0) is 29.8 Å². The molecule has 24 heavy (non-hydrogen) atoms. The fourth-order valence-corrected chi connectivity index (χ4v) is 5.81. The van der Waals surface area contributed by atoms with Crippen molar-refractivity contribution >= 4 is 21.8 Å². The molecule has 1 fully saturated rings. The number of sulfonamides is 1. The highest BCUT2D eigenvalue weighted by Gasteiger charge is 2.38. The molecule has 3 rings (SSSR count). The Balaban J connectivity index is 1.97. The van der Waals surface area contributed by atoms with E-state index in [2.05, 4.69) is 0 Å². The van der Waals surface area contributed by atoms with Crippen LogP contribution in [0.3, 0.4) is 0 Å². The van der Waals surface area contributed by atoms with Crippen molar-refractivity contribution in [3.63, 3.8) is 0 Å². The van der Waals surface area contributed by atoms with Gasteiger partial charge in [-0.1, -0.05) is 30.3 Å². The first-order valence-corrected chi connectivity index (χ1v) is 9.65. The van der Waals surface area contributed by atoms with E-state index in [4.69, 9.17) is 0 Å². The van der Waals surface area contributed by atoms with Crippen LogP contribution >= 0.6 is 11.8 Å². The minimum Gasteiger partial charge on any atom is -0.207 e. The normalized spacial score (nSPS) is 19.5. The summed E-state index contributed by atoms with van der Waals surface area (Å²) in [5.41, 5.74) is -0.434. The predicted octanol–water partition coefficient (Wildman–Crippen LogP) is 4.14. The molecule has 8 heteroatoms. The van der Waals surface area contributed by atoms with Gasteiger partial charge in [-0.15, -0.1) is 11.8 Å². The maximum Gasteiger partial charge on any atom is 0.416 e. The van der Waals surface area contributed by atoms with Crippen LogP contribution in [0.5, 0.6) is 0 Å². The molecule has 1 heterocycles. The number of benzene rings is 2. The SMILES string of the molecule is O=S(=O)(c1ccccc1)N1CCSC1c1cccc(C(F)(F)F)c1. The van der Waals surface area contributed by atoms with Crippen LogP contribution in [0.15, 0.2) is 59.5 Å². The van der Waals surface area contributed by atoms with Crippen molar-refractivity contribution < 1.29 is 21.6 Å². The molecule has 2 aromatic carbocycles. The minimum absolute atomic E-state index is 0.143. The topological polar surface area (TPSA) is 37.4 Å². The first-order chi connectivity index (χ1) is 11.3. The fourth-order valence-electron chi connectivity index (χ4n) is 2.56. The molecule has 128 valence electrons. The molecule has 1 saturated heterocycles. The van der Waals surface area contributed by atoms with Crippen LogP contribution in [-0.2, 0) is 16.2 Å². The van der Waals surface area contributed by atoms with Gasteiger partial charge in [-0.25, -0.2) is 8.42 Å². The third-order valence-corrected chi connectivity index (χ3v) is 6.97. The Kier molecular flexibility index (Phi) is 4.63. The number of halogens is 3. The van der Waals surface area contributed by atoms with Gasteiger partial charge in [0.15, 0.2) is 0 Å². The second kappa shape index (κ2) is 6.42. The van der Waals surface area contributed by atoms with Crippen LogP contribution in [0.2, 0.25) is 0 Å². The van der Waals surface area contributed by atoms with E-state index in [-0.39, 0.29) is 11.4 Å². The molecular formula is C16H14F3NO2S2. The number of nitrogens with zero attached hydrogens (tertiary/aromatic N) is 1. The largest absolute Gasteiger partial charge is 0.416 e. The zero-order valence-electron chi connectivity index (χ0n) is 12.4. The Hall–Kier alpha value is -1.51. The number of alkyl halides is 3. The van der Waals surface area contributed by atoms with Crippen LogP contribution in [0.4, 0.5) is 13.2 Å². The lowest BCUT2D eigenvalue weighted by Crippen LogP contribution is -2.30. The summed E-state index contributed by atoms with van der Waals surface area (Å²) in [5.74, 6) is 0.535. The van der Waals surface area contributed by atoms with E-state index >= 15 is 0 Å². The molecule has 1 unspecified atom stereocenters. The van der Waals surface area contributed by atoms with Crippen molar-refractivity contribution in [1.82, 2.24) is 4.31 Å². The molecule has 0 aromatic heterocycles. The Morgan fingerprint density at radius 3 is 2.42 bits per heavy atom. The van der Waals surface area contributed by atoms with Gasteiger partial charge in [0.05, 0.1) is 15.8 Å². The molecule has 0 bridgehead atoms. The van der Waals surface area contributed by atoms with Gasteiger partial charge in [0.2, 0.25) is 10.0 Å². The van der Waals surface area contributed by atoms with Gasteiger partial charge in [0.25, 0.3) is 0 Å². The van der Waals surface area contributed by atoms with E-state index in [1.54, 1.807) is 18.2 Å². The predicted molar refractivity (Wildman–Crippen MR) is 87.0 cm³/mol.